The van der Waals surface area contributed by atoms with E-state index in [0.29, 0.717) is 11.4 Å². The van der Waals surface area contributed by atoms with Crippen LogP contribution in [0.3, 0.4) is 0 Å². The van der Waals surface area contributed by atoms with Gasteiger partial charge in [0.2, 0.25) is 0 Å². The summed E-state index contributed by atoms with van der Waals surface area (Å²) in [6.45, 7) is 2.91. The standard InChI is InChI=1S/C11H14N6O/c1-2-3-13-9-4-10(15-7-14-9)17-6-8(5-16-17)11(12)18/h4-7H,2-3H2,1H3,(H2,12,18)(H,13,14,15). The molecule has 18 heavy (non-hydrogen) atoms. The maximum Gasteiger partial charge on any atom is 0.251 e. The van der Waals surface area contributed by atoms with E-state index in [1.165, 1.54) is 23.4 Å². The quantitative estimate of drug-likeness (QED) is 0.804. The first kappa shape index (κ1) is 12.0. The molecule has 0 saturated carbocycles. The normalized spacial score (nSPS) is 10.3. The third-order valence-electron chi connectivity index (χ3n) is 2.31. The average molecular weight is 246 g/mol. The Kier molecular flexibility index (Phi) is 3.52. The van der Waals surface area contributed by atoms with Gasteiger partial charge in [-0.15, -0.1) is 0 Å². The van der Waals surface area contributed by atoms with Crippen molar-refractivity contribution in [3.8, 4) is 5.82 Å². The Morgan fingerprint density at radius 2 is 2.33 bits per heavy atom. The minimum absolute atomic E-state index is 0.344. The van der Waals surface area contributed by atoms with E-state index in [1.54, 1.807) is 6.07 Å². The average Bonchev–Trinajstić information content (AvgIpc) is 2.86. The summed E-state index contributed by atoms with van der Waals surface area (Å²) in [5.74, 6) is 0.786. The van der Waals surface area contributed by atoms with Gasteiger partial charge in [0.25, 0.3) is 5.91 Å². The molecule has 0 saturated heterocycles. The number of hydrogen-bond acceptors (Lipinski definition) is 5. The van der Waals surface area contributed by atoms with Crippen molar-refractivity contribution in [1.29, 1.82) is 0 Å². The Labute approximate surface area is 104 Å². The highest BCUT2D eigenvalue weighted by atomic mass is 16.1. The Hall–Kier alpha value is -2.44. The third-order valence-corrected chi connectivity index (χ3v) is 2.31. The van der Waals surface area contributed by atoms with E-state index in [-0.39, 0.29) is 0 Å². The van der Waals surface area contributed by atoms with Gasteiger partial charge in [0, 0.05) is 18.8 Å². The number of carbonyl (C=O) groups excluding carboxylic acids is 1. The van der Waals surface area contributed by atoms with Crippen LogP contribution in [0, 0.1) is 0 Å². The highest BCUT2D eigenvalue weighted by Crippen LogP contribution is 2.09. The van der Waals surface area contributed by atoms with Crippen molar-refractivity contribution in [3.05, 3.63) is 30.4 Å². The minimum Gasteiger partial charge on any atom is -0.370 e. The van der Waals surface area contributed by atoms with Crippen molar-refractivity contribution in [2.75, 3.05) is 11.9 Å². The fraction of sp³-hybridized carbons (Fsp3) is 0.273. The molecule has 7 heteroatoms. The zero-order chi connectivity index (χ0) is 13.0. The number of nitrogens with zero attached hydrogens (tertiary/aromatic N) is 4. The SMILES string of the molecule is CCCNc1cc(-n2cc(C(N)=O)cn2)ncn1. The van der Waals surface area contributed by atoms with Crippen LogP contribution in [0.1, 0.15) is 23.7 Å². The van der Waals surface area contributed by atoms with E-state index in [9.17, 15) is 4.79 Å². The lowest BCUT2D eigenvalue weighted by atomic mass is 10.3. The van der Waals surface area contributed by atoms with Gasteiger partial charge in [-0.3, -0.25) is 4.79 Å². The first-order valence-corrected chi connectivity index (χ1v) is 5.61. The number of hydrogen-bond donors (Lipinski definition) is 2. The molecule has 0 aromatic carbocycles. The molecule has 0 radical (unpaired) electrons. The van der Waals surface area contributed by atoms with Crippen molar-refractivity contribution in [2.24, 2.45) is 5.73 Å². The molecular weight excluding hydrogens is 232 g/mol. The summed E-state index contributed by atoms with van der Waals surface area (Å²) in [5.41, 5.74) is 5.51. The van der Waals surface area contributed by atoms with Crippen LogP contribution in [0.15, 0.2) is 24.8 Å². The molecule has 0 aliphatic carbocycles. The van der Waals surface area contributed by atoms with Gasteiger partial charge in [0.15, 0.2) is 5.82 Å². The first-order chi connectivity index (χ1) is 8.70. The molecule has 2 aromatic rings. The van der Waals surface area contributed by atoms with Crippen LogP contribution in [0.4, 0.5) is 5.82 Å². The zero-order valence-electron chi connectivity index (χ0n) is 10.00. The van der Waals surface area contributed by atoms with Crippen LogP contribution < -0.4 is 11.1 Å². The summed E-state index contributed by atoms with van der Waals surface area (Å²) in [4.78, 5) is 19.2. The lowest BCUT2D eigenvalue weighted by Gasteiger charge is -2.05. The summed E-state index contributed by atoms with van der Waals surface area (Å²) >= 11 is 0. The van der Waals surface area contributed by atoms with Gasteiger partial charge >= 0.3 is 0 Å². The number of nitrogens with one attached hydrogen (secondary N) is 1. The zero-order valence-corrected chi connectivity index (χ0v) is 10.00. The molecule has 0 aliphatic heterocycles. The number of primary amides is 1. The molecule has 0 unspecified atom stereocenters. The smallest absolute Gasteiger partial charge is 0.251 e. The third kappa shape index (κ3) is 2.62. The van der Waals surface area contributed by atoms with E-state index < -0.39 is 5.91 Å². The van der Waals surface area contributed by atoms with Crippen molar-refractivity contribution >= 4 is 11.7 Å². The van der Waals surface area contributed by atoms with Crippen molar-refractivity contribution < 1.29 is 4.79 Å². The molecule has 0 aliphatic rings. The van der Waals surface area contributed by atoms with Crippen LogP contribution in [-0.2, 0) is 0 Å². The summed E-state index contributed by atoms with van der Waals surface area (Å²) < 4.78 is 1.49. The summed E-state index contributed by atoms with van der Waals surface area (Å²) in [6.07, 6.45) is 5.39. The molecule has 2 heterocycles. The topological polar surface area (TPSA) is 98.7 Å². The number of carbonyl (C=O) groups is 1. The van der Waals surface area contributed by atoms with E-state index in [2.05, 4.69) is 27.3 Å². The molecule has 1 amide bonds. The van der Waals surface area contributed by atoms with Gasteiger partial charge in [-0.05, 0) is 6.42 Å². The van der Waals surface area contributed by atoms with Crippen molar-refractivity contribution in [3.63, 3.8) is 0 Å². The molecule has 2 aromatic heterocycles. The monoisotopic (exact) mass is 246 g/mol. The number of nitrogens with two attached hydrogens (primary N) is 1. The lowest BCUT2D eigenvalue weighted by Crippen LogP contribution is -2.09. The number of rotatable bonds is 5. The van der Waals surface area contributed by atoms with Crippen LogP contribution in [-0.4, -0.2) is 32.2 Å². The van der Waals surface area contributed by atoms with Crippen molar-refractivity contribution in [2.45, 2.75) is 13.3 Å². The van der Waals surface area contributed by atoms with E-state index in [0.717, 1.165) is 18.8 Å². The van der Waals surface area contributed by atoms with E-state index >= 15 is 0 Å². The second-order valence-electron chi connectivity index (χ2n) is 3.73. The Morgan fingerprint density at radius 3 is 3.00 bits per heavy atom. The van der Waals surface area contributed by atoms with Crippen LogP contribution >= 0.6 is 0 Å². The second kappa shape index (κ2) is 5.26. The molecule has 0 fully saturated rings. The van der Waals surface area contributed by atoms with Gasteiger partial charge in [-0.1, -0.05) is 6.92 Å². The molecule has 94 valence electrons. The fourth-order valence-corrected chi connectivity index (χ4v) is 1.40. The Bertz CT molecular complexity index is 550. The molecule has 2 rings (SSSR count). The van der Waals surface area contributed by atoms with Crippen LogP contribution in [0.5, 0.6) is 0 Å². The Morgan fingerprint density at radius 1 is 1.50 bits per heavy atom. The molecule has 0 bridgehead atoms. The predicted molar refractivity (Wildman–Crippen MR) is 66.5 cm³/mol. The van der Waals surface area contributed by atoms with Crippen molar-refractivity contribution in [1.82, 2.24) is 19.7 Å². The maximum atomic E-state index is 11.0. The molecule has 0 atom stereocenters. The lowest BCUT2D eigenvalue weighted by molar-refractivity contribution is 0.100. The summed E-state index contributed by atoms with van der Waals surface area (Å²) in [6, 6.07) is 1.76. The van der Waals surface area contributed by atoms with Gasteiger partial charge in [-0.25, -0.2) is 14.6 Å². The van der Waals surface area contributed by atoms with Crippen LogP contribution in [0.25, 0.3) is 5.82 Å². The molecule has 0 spiro atoms. The number of anilines is 1. The van der Waals surface area contributed by atoms with Gasteiger partial charge in [0.1, 0.15) is 12.1 Å². The predicted octanol–water partition coefficient (Wildman–Crippen LogP) is 0.583. The Balaban J connectivity index is 2.23. The maximum absolute atomic E-state index is 11.0. The van der Waals surface area contributed by atoms with Gasteiger partial charge in [0.05, 0.1) is 11.8 Å². The fourth-order valence-electron chi connectivity index (χ4n) is 1.40. The molecule has 7 nitrogen and oxygen atoms in total. The first-order valence-electron chi connectivity index (χ1n) is 5.61. The largest absolute Gasteiger partial charge is 0.370 e. The summed E-state index contributed by atoms with van der Waals surface area (Å²) in [5, 5.41) is 7.18. The van der Waals surface area contributed by atoms with Gasteiger partial charge < -0.3 is 11.1 Å². The second-order valence-corrected chi connectivity index (χ2v) is 3.73. The summed E-state index contributed by atoms with van der Waals surface area (Å²) in [7, 11) is 0. The number of amides is 1. The van der Waals surface area contributed by atoms with E-state index in [4.69, 9.17) is 5.73 Å². The minimum atomic E-state index is -0.514. The van der Waals surface area contributed by atoms with Gasteiger partial charge in [-0.2, -0.15) is 5.10 Å². The molecular formula is C11H14N6O. The molecule has 3 N–H and O–H groups in total. The highest BCUT2D eigenvalue weighted by molar-refractivity contribution is 5.92. The van der Waals surface area contributed by atoms with Crippen LogP contribution in [0.2, 0.25) is 0 Å². The van der Waals surface area contributed by atoms with E-state index in [1.807, 2.05) is 0 Å². The highest BCUT2D eigenvalue weighted by Gasteiger charge is 2.06. The number of aromatic nitrogens is 4.